The minimum Gasteiger partial charge on any atom is -0.487 e. The third kappa shape index (κ3) is 5.08. The summed E-state index contributed by atoms with van der Waals surface area (Å²) in [6, 6.07) is 25.1. The zero-order valence-corrected chi connectivity index (χ0v) is 17.2. The van der Waals surface area contributed by atoms with Crippen molar-refractivity contribution in [1.82, 2.24) is 4.98 Å². The average Bonchev–Trinajstić information content (AvgIpc) is 2.78. The van der Waals surface area contributed by atoms with E-state index in [-0.39, 0.29) is 6.61 Å². The van der Waals surface area contributed by atoms with Crippen molar-refractivity contribution < 1.29 is 19.4 Å². The maximum atomic E-state index is 11.5. The highest BCUT2D eigenvalue weighted by atomic mass is 16.5. The molecule has 1 aromatic heterocycles. The molecule has 0 unspecified atom stereocenters. The van der Waals surface area contributed by atoms with E-state index in [9.17, 15) is 9.90 Å². The third-order valence-electron chi connectivity index (χ3n) is 5.04. The second-order valence-corrected chi connectivity index (χ2v) is 7.34. The molecule has 0 amide bonds. The van der Waals surface area contributed by atoms with E-state index in [1.54, 1.807) is 19.1 Å². The van der Waals surface area contributed by atoms with Gasteiger partial charge in [-0.05, 0) is 47.9 Å². The smallest absolute Gasteiger partial charge is 0.336 e. The number of nitrogens with zero attached hydrogens (tertiary/aromatic N) is 1. The predicted molar refractivity (Wildman–Crippen MR) is 119 cm³/mol. The molecule has 1 heterocycles. The van der Waals surface area contributed by atoms with Gasteiger partial charge in [0.1, 0.15) is 12.4 Å². The first kappa shape index (κ1) is 20.6. The molecule has 5 nitrogen and oxygen atoms in total. The standard InChI is InChI=1S/C26H23NO4/c1-18-6-4-9-21(25(18)26(28)29)16-30-15-19-7-5-10-23(14-19)31-17-22-13-12-20-8-2-3-11-24(20)27-22/h2-14H,15-17H2,1H3,(H,28,29). The highest BCUT2D eigenvalue weighted by Crippen LogP contribution is 2.19. The molecular weight excluding hydrogens is 390 g/mol. The third-order valence-corrected chi connectivity index (χ3v) is 5.04. The normalized spacial score (nSPS) is 10.9. The van der Waals surface area contributed by atoms with Crippen LogP contribution in [0.4, 0.5) is 0 Å². The molecule has 31 heavy (non-hydrogen) atoms. The van der Waals surface area contributed by atoms with Crippen molar-refractivity contribution >= 4 is 16.9 Å². The van der Waals surface area contributed by atoms with E-state index < -0.39 is 5.97 Å². The number of benzene rings is 3. The molecule has 0 saturated carbocycles. The lowest BCUT2D eigenvalue weighted by Gasteiger charge is -2.11. The van der Waals surface area contributed by atoms with Crippen LogP contribution in [0, 0.1) is 6.92 Å². The Balaban J connectivity index is 1.36. The van der Waals surface area contributed by atoms with Crippen LogP contribution in [-0.4, -0.2) is 16.1 Å². The number of ether oxygens (including phenoxy) is 2. The Bertz CT molecular complexity index is 1220. The van der Waals surface area contributed by atoms with E-state index in [0.29, 0.717) is 24.3 Å². The van der Waals surface area contributed by atoms with Crippen LogP contribution >= 0.6 is 0 Å². The van der Waals surface area contributed by atoms with Crippen molar-refractivity contribution in [2.45, 2.75) is 26.7 Å². The van der Waals surface area contributed by atoms with Gasteiger partial charge in [0.25, 0.3) is 0 Å². The zero-order chi connectivity index (χ0) is 21.6. The summed E-state index contributed by atoms with van der Waals surface area (Å²) in [6.07, 6.45) is 0. The summed E-state index contributed by atoms with van der Waals surface area (Å²) in [5, 5.41) is 10.5. The number of aromatic nitrogens is 1. The molecule has 0 aliphatic heterocycles. The quantitative estimate of drug-likeness (QED) is 0.411. The Morgan fingerprint density at radius 2 is 1.74 bits per heavy atom. The van der Waals surface area contributed by atoms with E-state index >= 15 is 0 Å². The number of fused-ring (bicyclic) bond motifs is 1. The lowest BCUT2D eigenvalue weighted by Crippen LogP contribution is -2.06. The Labute approximate surface area is 180 Å². The van der Waals surface area contributed by atoms with Crippen LogP contribution in [-0.2, 0) is 24.6 Å². The van der Waals surface area contributed by atoms with E-state index in [1.165, 1.54) is 0 Å². The van der Waals surface area contributed by atoms with Crippen molar-refractivity contribution in [3.8, 4) is 5.75 Å². The van der Waals surface area contributed by atoms with Gasteiger partial charge in [0.2, 0.25) is 0 Å². The van der Waals surface area contributed by atoms with Crippen molar-refractivity contribution in [1.29, 1.82) is 0 Å². The van der Waals surface area contributed by atoms with E-state index in [1.807, 2.05) is 66.7 Å². The van der Waals surface area contributed by atoms with Crippen LogP contribution in [0.2, 0.25) is 0 Å². The van der Waals surface area contributed by atoms with E-state index in [2.05, 4.69) is 4.98 Å². The molecule has 0 fully saturated rings. The second-order valence-electron chi connectivity index (χ2n) is 7.34. The monoisotopic (exact) mass is 413 g/mol. The summed E-state index contributed by atoms with van der Waals surface area (Å²) in [6.45, 7) is 2.76. The molecular formula is C26H23NO4. The Morgan fingerprint density at radius 1 is 0.903 bits per heavy atom. The van der Waals surface area contributed by atoms with Crippen molar-refractivity contribution in [2.75, 3.05) is 0 Å². The lowest BCUT2D eigenvalue weighted by atomic mass is 10.0. The highest BCUT2D eigenvalue weighted by molar-refractivity contribution is 5.91. The number of pyridine rings is 1. The van der Waals surface area contributed by atoms with Gasteiger partial charge in [-0.15, -0.1) is 0 Å². The largest absolute Gasteiger partial charge is 0.487 e. The number of rotatable bonds is 8. The summed E-state index contributed by atoms with van der Waals surface area (Å²) in [5.74, 6) is -0.202. The number of carbonyl (C=O) groups is 1. The number of hydrogen-bond acceptors (Lipinski definition) is 4. The van der Waals surface area contributed by atoms with Crippen LogP contribution in [0.3, 0.4) is 0 Å². The van der Waals surface area contributed by atoms with Crippen LogP contribution in [0.25, 0.3) is 10.9 Å². The molecule has 0 saturated heterocycles. The molecule has 0 radical (unpaired) electrons. The van der Waals surface area contributed by atoms with E-state index in [4.69, 9.17) is 9.47 Å². The van der Waals surface area contributed by atoms with Crippen molar-refractivity contribution in [3.05, 3.63) is 107 Å². The molecule has 156 valence electrons. The molecule has 0 aliphatic rings. The topological polar surface area (TPSA) is 68.7 Å². The number of carboxylic acid groups (broad SMARTS) is 1. The van der Waals surface area contributed by atoms with Crippen LogP contribution in [0.15, 0.2) is 78.9 Å². The predicted octanol–water partition coefficient (Wildman–Crippen LogP) is 5.54. The number of para-hydroxylation sites is 1. The fraction of sp³-hybridized carbons (Fsp3) is 0.154. The SMILES string of the molecule is Cc1cccc(COCc2cccc(OCc3ccc4ccccc4n3)c2)c1C(=O)O. The van der Waals surface area contributed by atoms with Gasteiger partial charge >= 0.3 is 5.97 Å². The van der Waals surface area contributed by atoms with Gasteiger partial charge in [-0.2, -0.15) is 0 Å². The zero-order valence-electron chi connectivity index (χ0n) is 17.2. The van der Waals surface area contributed by atoms with Gasteiger partial charge < -0.3 is 14.6 Å². The minimum absolute atomic E-state index is 0.232. The van der Waals surface area contributed by atoms with Gasteiger partial charge in [0, 0.05) is 5.39 Å². The number of carboxylic acids is 1. The first-order chi connectivity index (χ1) is 15.1. The molecule has 5 heteroatoms. The molecule has 3 aromatic carbocycles. The Kier molecular flexibility index (Phi) is 6.24. The molecule has 1 N–H and O–H groups in total. The molecule has 4 rings (SSSR count). The average molecular weight is 413 g/mol. The summed E-state index contributed by atoms with van der Waals surface area (Å²) in [4.78, 5) is 16.1. The van der Waals surface area contributed by atoms with Gasteiger partial charge in [0.15, 0.2) is 0 Å². The Morgan fingerprint density at radius 3 is 2.61 bits per heavy atom. The first-order valence-corrected chi connectivity index (χ1v) is 10.1. The molecule has 0 bridgehead atoms. The second kappa shape index (κ2) is 9.41. The fourth-order valence-electron chi connectivity index (χ4n) is 3.50. The Hall–Kier alpha value is -3.70. The maximum Gasteiger partial charge on any atom is 0.336 e. The van der Waals surface area contributed by atoms with Gasteiger partial charge in [0.05, 0.1) is 30.0 Å². The molecule has 0 atom stereocenters. The highest BCUT2D eigenvalue weighted by Gasteiger charge is 2.12. The minimum atomic E-state index is -0.936. The molecule has 4 aromatic rings. The fourth-order valence-corrected chi connectivity index (χ4v) is 3.50. The van der Waals surface area contributed by atoms with Gasteiger partial charge in [-0.3, -0.25) is 0 Å². The lowest BCUT2D eigenvalue weighted by molar-refractivity contribution is 0.0683. The van der Waals surface area contributed by atoms with Crippen LogP contribution < -0.4 is 4.74 Å². The molecule has 0 aliphatic carbocycles. The van der Waals surface area contributed by atoms with Crippen LogP contribution in [0.1, 0.15) is 32.7 Å². The van der Waals surface area contributed by atoms with Gasteiger partial charge in [-0.25, -0.2) is 9.78 Å². The summed E-state index contributed by atoms with van der Waals surface area (Å²) >= 11 is 0. The summed E-state index contributed by atoms with van der Waals surface area (Å²) < 4.78 is 11.7. The maximum absolute atomic E-state index is 11.5. The van der Waals surface area contributed by atoms with Crippen molar-refractivity contribution in [3.63, 3.8) is 0 Å². The summed E-state index contributed by atoms with van der Waals surface area (Å²) in [5.41, 5.74) is 4.47. The van der Waals surface area contributed by atoms with Crippen molar-refractivity contribution in [2.24, 2.45) is 0 Å². The number of aryl methyl sites for hydroxylation is 1. The van der Waals surface area contributed by atoms with Gasteiger partial charge in [-0.1, -0.05) is 54.6 Å². The first-order valence-electron chi connectivity index (χ1n) is 10.1. The van der Waals surface area contributed by atoms with E-state index in [0.717, 1.165) is 33.5 Å². The number of aromatic carboxylic acids is 1. The van der Waals surface area contributed by atoms with Crippen LogP contribution in [0.5, 0.6) is 5.75 Å². The molecule has 0 spiro atoms. The summed E-state index contributed by atoms with van der Waals surface area (Å²) in [7, 11) is 0. The number of hydrogen-bond donors (Lipinski definition) is 1.